The van der Waals surface area contributed by atoms with E-state index in [2.05, 4.69) is 4.74 Å². The molecule has 80 valence electrons. The van der Waals surface area contributed by atoms with Gasteiger partial charge in [-0.3, -0.25) is 4.79 Å². The van der Waals surface area contributed by atoms with Crippen molar-refractivity contribution in [1.29, 1.82) is 0 Å². The van der Waals surface area contributed by atoms with Gasteiger partial charge in [0.05, 0.1) is 0 Å². The van der Waals surface area contributed by atoms with E-state index < -0.39 is 18.0 Å². The van der Waals surface area contributed by atoms with Gasteiger partial charge < -0.3 is 9.84 Å². The van der Waals surface area contributed by atoms with Crippen molar-refractivity contribution >= 4 is 23.5 Å². The Kier molecular flexibility index (Phi) is 3.82. The zero-order chi connectivity index (χ0) is 11.4. The quantitative estimate of drug-likeness (QED) is 0.615. The zero-order valence-corrected chi connectivity index (χ0v) is 8.69. The monoisotopic (exact) mass is 228 g/mol. The van der Waals surface area contributed by atoms with E-state index in [1.54, 1.807) is 12.1 Å². The minimum Gasteiger partial charge on any atom is -0.391 e. The van der Waals surface area contributed by atoms with Crippen LogP contribution in [-0.4, -0.2) is 17.0 Å². The van der Waals surface area contributed by atoms with Gasteiger partial charge in [0.15, 0.2) is 6.10 Å². The van der Waals surface area contributed by atoms with Crippen LogP contribution in [-0.2, 0) is 14.3 Å². The van der Waals surface area contributed by atoms with Crippen LogP contribution < -0.4 is 0 Å². The third kappa shape index (κ3) is 3.34. The van der Waals surface area contributed by atoms with Gasteiger partial charge in [-0.05, 0) is 17.7 Å². The molecule has 0 aliphatic rings. The number of rotatable bonds is 2. The highest BCUT2D eigenvalue weighted by Crippen LogP contribution is 2.18. The number of esters is 2. The van der Waals surface area contributed by atoms with E-state index in [-0.39, 0.29) is 5.56 Å². The second-order valence-electron chi connectivity index (χ2n) is 2.87. The summed E-state index contributed by atoms with van der Waals surface area (Å²) in [5, 5.41) is 9.87. The molecule has 0 amide bonds. The number of hydrogen-bond donors (Lipinski definition) is 1. The van der Waals surface area contributed by atoms with Crippen molar-refractivity contribution in [2.24, 2.45) is 0 Å². The first-order valence-corrected chi connectivity index (χ1v) is 4.54. The van der Waals surface area contributed by atoms with Crippen LogP contribution in [0, 0.1) is 0 Å². The van der Waals surface area contributed by atoms with Crippen LogP contribution in [0.5, 0.6) is 0 Å². The van der Waals surface area contributed by atoms with E-state index in [0.717, 1.165) is 6.92 Å². The number of ether oxygens (including phenoxy) is 1. The van der Waals surface area contributed by atoms with Crippen molar-refractivity contribution < 1.29 is 19.4 Å². The Hall–Kier alpha value is -1.39. The van der Waals surface area contributed by atoms with Gasteiger partial charge in [-0.15, -0.1) is 0 Å². The van der Waals surface area contributed by atoms with Crippen molar-refractivity contribution in [1.82, 2.24) is 0 Å². The first-order valence-electron chi connectivity index (χ1n) is 4.16. The molecule has 0 saturated carbocycles. The molecule has 0 aliphatic carbocycles. The molecule has 0 fully saturated rings. The van der Waals surface area contributed by atoms with E-state index >= 15 is 0 Å². The number of halogens is 1. The molecule has 1 N–H and O–H groups in total. The van der Waals surface area contributed by atoms with E-state index in [1.807, 2.05) is 0 Å². The predicted molar refractivity (Wildman–Crippen MR) is 53.2 cm³/mol. The Morgan fingerprint density at radius 3 is 2.67 bits per heavy atom. The molecule has 1 aromatic rings. The Labute approximate surface area is 91.4 Å². The highest BCUT2D eigenvalue weighted by Gasteiger charge is 2.20. The summed E-state index contributed by atoms with van der Waals surface area (Å²) >= 11 is 5.67. The average molecular weight is 229 g/mol. The molecule has 0 saturated heterocycles. The standard InChI is InChI=1S/C10H9ClO4/c1-6(12)15-10(14)9(13)7-3-2-4-8(11)5-7/h2-5,9,13H,1H3/t9-/m1/s1. The number of benzene rings is 1. The molecule has 5 heteroatoms. The maximum absolute atomic E-state index is 11.1. The highest BCUT2D eigenvalue weighted by atomic mass is 35.5. The fourth-order valence-electron chi connectivity index (χ4n) is 1.01. The summed E-state index contributed by atoms with van der Waals surface area (Å²) in [4.78, 5) is 21.6. The third-order valence-electron chi connectivity index (χ3n) is 1.63. The van der Waals surface area contributed by atoms with Crippen LogP contribution in [0.25, 0.3) is 0 Å². The second kappa shape index (κ2) is 4.91. The smallest absolute Gasteiger partial charge is 0.347 e. The first kappa shape index (κ1) is 11.7. The van der Waals surface area contributed by atoms with E-state index in [1.165, 1.54) is 12.1 Å². The van der Waals surface area contributed by atoms with Gasteiger partial charge in [-0.25, -0.2) is 4.79 Å². The van der Waals surface area contributed by atoms with Gasteiger partial charge in [-0.2, -0.15) is 0 Å². The Morgan fingerprint density at radius 2 is 2.13 bits per heavy atom. The molecule has 15 heavy (non-hydrogen) atoms. The summed E-state index contributed by atoms with van der Waals surface area (Å²) in [5.41, 5.74) is 0.286. The summed E-state index contributed by atoms with van der Waals surface area (Å²) in [6, 6.07) is 6.13. The lowest BCUT2D eigenvalue weighted by atomic mass is 10.1. The largest absolute Gasteiger partial charge is 0.391 e. The highest BCUT2D eigenvalue weighted by molar-refractivity contribution is 6.30. The lowest BCUT2D eigenvalue weighted by Gasteiger charge is -2.08. The van der Waals surface area contributed by atoms with E-state index in [9.17, 15) is 14.7 Å². The molecule has 0 bridgehead atoms. The lowest BCUT2D eigenvalue weighted by molar-refractivity contribution is -0.164. The third-order valence-corrected chi connectivity index (χ3v) is 1.87. The molecule has 0 unspecified atom stereocenters. The van der Waals surface area contributed by atoms with Gasteiger partial charge >= 0.3 is 11.9 Å². The minimum atomic E-state index is -1.49. The van der Waals surface area contributed by atoms with Crippen molar-refractivity contribution in [3.63, 3.8) is 0 Å². The Morgan fingerprint density at radius 1 is 1.47 bits per heavy atom. The average Bonchev–Trinajstić information content (AvgIpc) is 2.15. The summed E-state index contributed by atoms with van der Waals surface area (Å²) in [6.07, 6.45) is -1.49. The number of hydrogen-bond acceptors (Lipinski definition) is 4. The van der Waals surface area contributed by atoms with Gasteiger partial charge in [0.2, 0.25) is 0 Å². The van der Waals surface area contributed by atoms with Crippen LogP contribution >= 0.6 is 11.6 Å². The Bertz CT molecular complexity index is 389. The van der Waals surface area contributed by atoms with Crippen LogP contribution in [0.4, 0.5) is 0 Å². The van der Waals surface area contributed by atoms with Crippen LogP contribution in [0.3, 0.4) is 0 Å². The molecular formula is C10H9ClO4. The van der Waals surface area contributed by atoms with E-state index in [4.69, 9.17) is 11.6 Å². The summed E-state index contributed by atoms with van der Waals surface area (Å²) in [5.74, 6) is -1.77. The maximum Gasteiger partial charge on any atom is 0.347 e. The lowest BCUT2D eigenvalue weighted by Crippen LogP contribution is -2.17. The van der Waals surface area contributed by atoms with Gasteiger partial charge in [0.25, 0.3) is 0 Å². The summed E-state index contributed by atoms with van der Waals surface area (Å²) in [7, 11) is 0. The predicted octanol–water partition coefficient (Wildman–Crippen LogP) is 1.46. The summed E-state index contributed by atoms with van der Waals surface area (Å²) in [6.45, 7) is 1.09. The molecule has 0 aromatic heterocycles. The van der Waals surface area contributed by atoms with Crippen LogP contribution in [0.2, 0.25) is 5.02 Å². The van der Waals surface area contributed by atoms with Crippen molar-refractivity contribution in [2.75, 3.05) is 0 Å². The van der Waals surface area contributed by atoms with E-state index in [0.29, 0.717) is 5.02 Å². The summed E-state index contributed by atoms with van der Waals surface area (Å²) < 4.78 is 4.24. The fraction of sp³-hybridized carbons (Fsp3) is 0.200. The van der Waals surface area contributed by atoms with Gasteiger partial charge in [0, 0.05) is 11.9 Å². The SMILES string of the molecule is CC(=O)OC(=O)[C@H](O)c1cccc(Cl)c1. The molecule has 0 spiro atoms. The zero-order valence-electron chi connectivity index (χ0n) is 7.94. The maximum atomic E-state index is 11.1. The molecule has 1 rings (SSSR count). The van der Waals surface area contributed by atoms with Gasteiger partial charge in [0.1, 0.15) is 0 Å². The topological polar surface area (TPSA) is 63.6 Å². The van der Waals surface area contributed by atoms with Crippen LogP contribution in [0.1, 0.15) is 18.6 Å². The molecule has 0 aliphatic heterocycles. The number of aliphatic hydroxyl groups excluding tert-OH is 1. The number of carbonyl (C=O) groups is 2. The van der Waals surface area contributed by atoms with Crippen molar-refractivity contribution in [2.45, 2.75) is 13.0 Å². The second-order valence-corrected chi connectivity index (χ2v) is 3.31. The molecule has 0 heterocycles. The number of carbonyl (C=O) groups excluding carboxylic acids is 2. The van der Waals surface area contributed by atoms with Gasteiger partial charge in [-0.1, -0.05) is 23.7 Å². The van der Waals surface area contributed by atoms with Crippen molar-refractivity contribution in [3.05, 3.63) is 34.9 Å². The first-order chi connectivity index (χ1) is 7.00. The van der Waals surface area contributed by atoms with Crippen LogP contribution in [0.15, 0.2) is 24.3 Å². The minimum absolute atomic E-state index is 0.286. The number of aliphatic hydroxyl groups is 1. The molecule has 1 atom stereocenters. The molecule has 0 radical (unpaired) electrons. The Balaban J connectivity index is 2.80. The molecule has 4 nitrogen and oxygen atoms in total. The van der Waals surface area contributed by atoms with Crippen molar-refractivity contribution in [3.8, 4) is 0 Å². The molecular weight excluding hydrogens is 220 g/mol. The molecule has 1 aromatic carbocycles. The normalized spacial score (nSPS) is 11.9. The fourth-order valence-corrected chi connectivity index (χ4v) is 1.21.